The zero-order valence-corrected chi connectivity index (χ0v) is 16.4. The van der Waals surface area contributed by atoms with Gasteiger partial charge >= 0.3 is 0 Å². The van der Waals surface area contributed by atoms with E-state index in [0.717, 1.165) is 25.0 Å². The van der Waals surface area contributed by atoms with Crippen LogP contribution in [0.4, 0.5) is 4.39 Å². The Morgan fingerprint density at radius 2 is 2.04 bits per heavy atom. The van der Waals surface area contributed by atoms with Crippen LogP contribution in [0.15, 0.2) is 29.3 Å². The molecule has 0 aromatic heterocycles. The Bertz CT molecular complexity index is 504. The van der Waals surface area contributed by atoms with Crippen LogP contribution in [0.5, 0.6) is 5.75 Å². The second-order valence-electron chi connectivity index (χ2n) is 5.96. The molecule has 1 atom stereocenters. The van der Waals surface area contributed by atoms with E-state index in [1.807, 2.05) is 6.92 Å². The molecular weight excluding hydrogens is 408 g/mol. The highest BCUT2D eigenvalue weighted by Gasteiger charge is 2.19. The molecule has 0 radical (unpaired) electrons. The lowest BCUT2D eigenvalue weighted by Gasteiger charge is -2.33. The molecule has 1 unspecified atom stereocenters. The monoisotopic (exact) mass is 435 g/mol. The molecule has 1 aliphatic heterocycles. The van der Waals surface area contributed by atoms with Crippen molar-refractivity contribution in [1.29, 1.82) is 0 Å². The first-order valence-corrected chi connectivity index (χ1v) is 7.97. The molecule has 1 fully saturated rings. The molecule has 0 aliphatic carbocycles. The van der Waals surface area contributed by atoms with E-state index >= 15 is 0 Å². The average Bonchev–Trinajstić information content (AvgIpc) is 2.52. The van der Waals surface area contributed by atoms with Gasteiger partial charge in [-0.2, -0.15) is 0 Å². The van der Waals surface area contributed by atoms with Crippen LogP contribution in [0.3, 0.4) is 0 Å². The van der Waals surface area contributed by atoms with Crippen LogP contribution in [0.25, 0.3) is 0 Å². The minimum Gasteiger partial charge on any atom is -0.486 e. The molecule has 4 nitrogen and oxygen atoms in total. The second-order valence-corrected chi connectivity index (χ2v) is 5.96. The van der Waals surface area contributed by atoms with Crippen molar-refractivity contribution >= 4 is 29.9 Å². The smallest absolute Gasteiger partial charge is 0.193 e. The Morgan fingerprint density at radius 3 is 2.65 bits per heavy atom. The first kappa shape index (κ1) is 20.0. The number of likely N-dealkylation sites (tertiary alicyclic amines) is 1. The second kappa shape index (κ2) is 9.95. The summed E-state index contributed by atoms with van der Waals surface area (Å²) in [6, 6.07) is 6.48. The van der Waals surface area contributed by atoms with E-state index in [1.54, 1.807) is 25.2 Å². The van der Waals surface area contributed by atoms with Crippen LogP contribution < -0.4 is 10.1 Å². The van der Waals surface area contributed by atoms with Crippen molar-refractivity contribution in [3.63, 3.8) is 0 Å². The zero-order chi connectivity index (χ0) is 15.9. The number of rotatable bonds is 4. The van der Waals surface area contributed by atoms with E-state index < -0.39 is 0 Å². The minimum atomic E-state index is -0.330. The highest BCUT2D eigenvalue weighted by atomic mass is 127. The molecule has 1 aliphatic rings. The minimum absolute atomic E-state index is 0. The van der Waals surface area contributed by atoms with Crippen LogP contribution in [0.1, 0.15) is 26.7 Å². The summed E-state index contributed by atoms with van der Waals surface area (Å²) in [5.74, 6) is 1.65. The molecule has 0 bridgehead atoms. The number of nitrogens with zero attached hydrogens (tertiary/aromatic N) is 2. The number of halogens is 2. The molecule has 130 valence electrons. The summed E-state index contributed by atoms with van der Waals surface area (Å²) >= 11 is 0. The fraction of sp³-hybridized carbons (Fsp3) is 0.588. The molecule has 1 N–H and O–H groups in total. The van der Waals surface area contributed by atoms with Crippen LogP contribution in [-0.4, -0.2) is 43.6 Å². The maximum absolute atomic E-state index is 13.6. The summed E-state index contributed by atoms with van der Waals surface area (Å²) < 4.78 is 19.2. The lowest BCUT2D eigenvalue weighted by atomic mass is 10.00. The zero-order valence-electron chi connectivity index (χ0n) is 14.1. The number of guanidine groups is 1. The normalized spacial score (nSPS) is 17.4. The van der Waals surface area contributed by atoms with Crippen molar-refractivity contribution in [1.82, 2.24) is 10.2 Å². The highest BCUT2D eigenvalue weighted by Crippen LogP contribution is 2.17. The van der Waals surface area contributed by atoms with Gasteiger partial charge < -0.3 is 15.0 Å². The van der Waals surface area contributed by atoms with Gasteiger partial charge in [-0.3, -0.25) is 4.99 Å². The fourth-order valence-electron chi connectivity index (χ4n) is 2.59. The average molecular weight is 435 g/mol. The van der Waals surface area contributed by atoms with E-state index in [0.29, 0.717) is 12.3 Å². The van der Waals surface area contributed by atoms with Crippen molar-refractivity contribution in [3.8, 4) is 5.75 Å². The van der Waals surface area contributed by atoms with Crippen molar-refractivity contribution in [3.05, 3.63) is 30.1 Å². The summed E-state index contributed by atoms with van der Waals surface area (Å²) in [5, 5.41) is 3.32. The predicted molar refractivity (Wildman–Crippen MR) is 103 cm³/mol. The topological polar surface area (TPSA) is 36.9 Å². The molecule has 6 heteroatoms. The Labute approximate surface area is 155 Å². The van der Waals surface area contributed by atoms with E-state index in [2.05, 4.69) is 22.1 Å². The van der Waals surface area contributed by atoms with E-state index in [-0.39, 0.29) is 35.9 Å². The molecule has 1 aromatic rings. The molecule has 1 heterocycles. The Morgan fingerprint density at radius 1 is 1.39 bits per heavy atom. The third-order valence-corrected chi connectivity index (χ3v) is 4.01. The number of aliphatic imine (C=N–C) groups is 1. The van der Waals surface area contributed by atoms with Crippen molar-refractivity contribution in [2.75, 3.05) is 26.7 Å². The summed E-state index contributed by atoms with van der Waals surface area (Å²) in [4.78, 5) is 6.61. The standard InChI is InChI=1S/C17H26FN3O.HI/c1-13-8-10-21(11-9-13)17(19-3)20-12-14(2)22-16-7-5-4-6-15(16)18;/h4-7,13-14H,8-12H2,1-3H3,(H,19,20);1H. The van der Waals surface area contributed by atoms with Crippen LogP contribution >= 0.6 is 24.0 Å². The Kier molecular flexibility index (Phi) is 8.65. The van der Waals surface area contributed by atoms with E-state index in [9.17, 15) is 4.39 Å². The quantitative estimate of drug-likeness (QED) is 0.447. The van der Waals surface area contributed by atoms with Crippen LogP contribution in [0.2, 0.25) is 0 Å². The molecule has 2 rings (SSSR count). The van der Waals surface area contributed by atoms with Gasteiger partial charge in [-0.05, 0) is 37.8 Å². The van der Waals surface area contributed by atoms with Gasteiger partial charge in [-0.25, -0.2) is 4.39 Å². The number of hydrogen-bond donors (Lipinski definition) is 1. The predicted octanol–water partition coefficient (Wildman–Crippen LogP) is 3.52. The third kappa shape index (κ3) is 6.16. The summed E-state index contributed by atoms with van der Waals surface area (Å²) in [6.07, 6.45) is 2.25. The molecule has 0 amide bonds. The number of nitrogens with one attached hydrogen (secondary N) is 1. The van der Waals surface area contributed by atoms with Gasteiger partial charge in [0.05, 0.1) is 6.54 Å². The van der Waals surface area contributed by atoms with Gasteiger partial charge in [0.15, 0.2) is 17.5 Å². The maximum Gasteiger partial charge on any atom is 0.193 e. The number of para-hydroxylation sites is 1. The highest BCUT2D eigenvalue weighted by molar-refractivity contribution is 14.0. The largest absolute Gasteiger partial charge is 0.486 e. The van der Waals surface area contributed by atoms with Crippen molar-refractivity contribution < 1.29 is 9.13 Å². The summed E-state index contributed by atoms with van der Waals surface area (Å²) in [5.41, 5.74) is 0. The SMILES string of the molecule is CN=C(NCC(C)Oc1ccccc1F)N1CCC(C)CC1.I. The maximum atomic E-state index is 13.6. The lowest BCUT2D eigenvalue weighted by molar-refractivity contribution is 0.210. The van der Waals surface area contributed by atoms with Crippen molar-refractivity contribution in [2.24, 2.45) is 10.9 Å². The molecule has 23 heavy (non-hydrogen) atoms. The number of piperidine rings is 1. The number of hydrogen-bond acceptors (Lipinski definition) is 2. The van der Waals surface area contributed by atoms with Gasteiger partial charge in [-0.15, -0.1) is 24.0 Å². The first-order valence-electron chi connectivity index (χ1n) is 7.97. The Hall–Kier alpha value is -1.05. The molecule has 1 saturated heterocycles. The number of ether oxygens (including phenoxy) is 1. The molecule has 1 aromatic carbocycles. The van der Waals surface area contributed by atoms with Gasteiger partial charge in [0.1, 0.15) is 6.10 Å². The summed E-state index contributed by atoms with van der Waals surface area (Å²) in [6.45, 7) is 6.86. The van der Waals surface area contributed by atoms with Gasteiger partial charge in [0.2, 0.25) is 0 Å². The van der Waals surface area contributed by atoms with Gasteiger partial charge in [-0.1, -0.05) is 19.1 Å². The fourth-order valence-corrected chi connectivity index (χ4v) is 2.59. The van der Waals surface area contributed by atoms with E-state index in [4.69, 9.17) is 4.74 Å². The first-order chi connectivity index (χ1) is 10.6. The van der Waals surface area contributed by atoms with Crippen LogP contribution in [-0.2, 0) is 0 Å². The van der Waals surface area contributed by atoms with Gasteiger partial charge in [0.25, 0.3) is 0 Å². The molecule has 0 spiro atoms. The number of benzene rings is 1. The van der Waals surface area contributed by atoms with Crippen LogP contribution in [0, 0.1) is 11.7 Å². The summed E-state index contributed by atoms with van der Waals surface area (Å²) in [7, 11) is 1.79. The van der Waals surface area contributed by atoms with E-state index in [1.165, 1.54) is 18.9 Å². The third-order valence-electron chi connectivity index (χ3n) is 4.01. The van der Waals surface area contributed by atoms with Gasteiger partial charge in [0, 0.05) is 20.1 Å². The lowest BCUT2D eigenvalue weighted by Crippen LogP contribution is -2.47. The van der Waals surface area contributed by atoms with Crippen molar-refractivity contribution in [2.45, 2.75) is 32.8 Å². The molecule has 0 saturated carbocycles. The Balaban J connectivity index is 0.00000264. The molecular formula is C17H27FIN3O.